The van der Waals surface area contributed by atoms with Crippen LogP contribution in [0.25, 0.3) is 11.1 Å². The molecular weight excluding hydrogens is 477 g/mol. The van der Waals surface area contributed by atoms with Gasteiger partial charge in [-0.05, 0) is 18.2 Å². The average Bonchev–Trinajstić information content (AvgIpc) is 3.37. The van der Waals surface area contributed by atoms with E-state index in [9.17, 15) is 21.6 Å². The average molecular weight is 487 g/mol. The van der Waals surface area contributed by atoms with Crippen molar-refractivity contribution in [2.75, 3.05) is 4.72 Å². The molecular formula is C18H10ClF3N4O3S2. The molecule has 2 heterocycles. The predicted octanol–water partition coefficient (Wildman–Crippen LogP) is 5.20. The Kier molecular flexibility index (Phi) is 5.60. The molecule has 0 atom stereocenters. The largest absolute Gasteiger partial charge is 0.454 e. The number of nitrogens with zero attached hydrogens (tertiary/aromatic N) is 2. The Bertz CT molecular complexity index is 1360. The molecule has 0 radical (unpaired) electrons. The van der Waals surface area contributed by atoms with Crippen LogP contribution in [-0.4, -0.2) is 23.6 Å². The molecule has 13 heteroatoms. The lowest BCUT2D eigenvalue weighted by molar-refractivity contribution is 0.433. The number of aromatic nitrogens is 3. The monoisotopic (exact) mass is 486 g/mol. The van der Waals surface area contributed by atoms with Crippen molar-refractivity contribution in [2.24, 2.45) is 0 Å². The zero-order valence-corrected chi connectivity index (χ0v) is 17.5. The first-order valence-corrected chi connectivity index (χ1v) is 11.0. The molecule has 0 unspecified atom stereocenters. The first-order chi connectivity index (χ1) is 14.7. The lowest BCUT2D eigenvalue weighted by atomic mass is 10.1. The van der Waals surface area contributed by atoms with Gasteiger partial charge in [-0.1, -0.05) is 22.9 Å². The van der Waals surface area contributed by atoms with E-state index >= 15 is 0 Å². The van der Waals surface area contributed by atoms with Gasteiger partial charge in [0.2, 0.25) is 0 Å². The third kappa shape index (κ3) is 4.50. The Balaban J connectivity index is 1.67. The molecule has 0 amide bonds. The summed E-state index contributed by atoms with van der Waals surface area (Å²) in [4.78, 5) is 2.50. The maximum atomic E-state index is 14.6. The Morgan fingerprint density at radius 2 is 1.87 bits per heavy atom. The Labute approximate surface area is 182 Å². The summed E-state index contributed by atoms with van der Waals surface area (Å²) in [6, 6.07) is 5.55. The first-order valence-electron chi connectivity index (χ1n) is 8.33. The van der Waals surface area contributed by atoms with Gasteiger partial charge in [0.1, 0.15) is 16.5 Å². The molecule has 2 aromatic carbocycles. The van der Waals surface area contributed by atoms with Crippen LogP contribution in [-0.2, 0) is 10.0 Å². The van der Waals surface area contributed by atoms with Crippen molar-refractivity contribution in [3.63, 3.8) is 0 Å². The molecule has 0 aliphatic carbocycles. The fraction of sp³-hybridized carbons (Fsp3) is 0. The van der Waals surface area contributed by atoms with Crippen LogP contribution in [0.3, 0.4) is 0 Å². The molecule has 0 spiro atoms. The van der Waals surface area contributed by atoms with E-state index < -0.39 is 37.4 Å². The molecule has 0 aliphatic rings. The smallest absolute Gasteiger partial charge is 0.266 e. The van der Waals surface area contributed by atoms with Crippen molar-refractivity contribution in [1.82, 2.24) is 15.2 Å². The maximum Gasteiger partial charge on any atom is 0.266 e. The van der Waals surface area contributed by atoms with E-state index in [4.69, 9.17) is 16.3 Å². The second-order valence-corrected chi connectivity index (χ2v) is 9.09. The zero-order valence-electron chi connectivity index (χ0n) is 15.1. The molecule has 4 rings (SSSR count). The van der Waals surface area contributed by atoms with Gasteiger partial charge in [-0.15, -0.1) is 0 Å². The van der Waals surface area contributed by atoms with Gasteiger partial charge in [0.25, 0.3) is 10.0 Å². The summed E-state index contributed by atoms with van der Waals surface area (Å²) in [5, 5.41) is 5.74. The zero-order chi connectivity index (χ0) is 22.2. The standard InChI is InChI=1S/C18H10ClF3N4O3S2/c19-10-1-2-14(11(3-10)9-6-24-25-7-9)29-15-4-13(21)16(5-12(15)20)31(27,28)26-18-23-8-17(22)30-18/h1-8H,(H,23,26)(H,24,25). The highest BCUT2D eigenvalue weighted by atomic mass is 35.5. The van der Waals surface area contributed by atoms with Crippen LogP contribution in [0.1, 0.15) is 0 Å². The van der Waals surface area contributed by atoms with Gasteiger partial charge in [0, 0.05) is 34.5 Å². The van der Waals surface area contributed by atoms with E-state index in [0.29, 0.717) is 39.6 Å². The number of H-pyrrole nitrogens is 1. The third-order valence-corrected chi connectivity index (χ3v) is 6.37. The maximum absolute atomic E-state index is 14.6. The van der Waals surface area contributed by atoms with Gasteiger partial charge < -0.3 is 4.74 Å². The fourth-order valence-electron chi connectivity index (χ4n) is 2.60. The number of benzene rings is 2. The number of sulfonamides is 1. The Morgan fingerprint density at radius 3 is 2.55 bits per heavy atom. The summed E-state index contributed by atoms with van der Waals surface area (Å²) < 4.78 is 74.4. The van der Waals surface area contributed by atoms with Crippen LogP contribution in [0.2, 0.25) is 5.02 Å². The lowest BCUT2D eigenvalue weighted by Crippen LogP contribution is -2.15. The summed E-state index contributed by atoms with van der Waals surface area (Å²) >= 11 is 6.41. The number of aromatic amines is 1. The second kappa shape index (κ2) is 8.21. The predicted molar refractivity (Wildman–Crippen MR) is 108 cm³/mol. The third-order valence-electron chi connectivity index (χ3n) is 3.95. The van der Waals surface area contributed by atoms with Gasteiger partial charge in [-0.2, -0.15) is 9.49 Å². The number of nitrogens with one attached hydrogen (secondary N) is 2. The fourth-order valence-corrected chi connectivity index (χ4v) is 4.63. The van der Waals surface area contributed by atoms with Crippen molar-refractivity contribution < 1.29 is 26.3 Å². The Hall–Kier alpha value is -3.09. The molecule has 160 valence electrons. The molecule has 0 saturated heterocycles. The summed E-state index contributed by atoms with van der Waals surface area (Å²) in [6.07, 6.45) is 3.83. The highest BCUT2D eigenvalue weighted by Crippen LogP contribution is 2.37. The SMILES string of the molecule is O=S(=O)(Nc1ncc(F)s1)c1cc(F)c(Oc2ccc(Cl)cc2-c2cn[nH]c2)cc1F. The molecule has 2 aromatic heterocycles. The second-order valence-electron chi connectivity index (χ2n) is 6.02. The van der Waals surface area contributed by atoms with Crippen molar-refractivity contribution >= 4 is 38.1 Å². The Morgan fingerprint density at radius 1 is 1.06 bits per heavy atom. The number of halogens is 4. The van der Waals surface area contributed by atoms with E-state index in [1.165, 1.54) is 18.3 Å². The van der Waals surface area contributed by atoms with E-state index in [-0.39, 0.29) is 10.9 Å². The van der Waals surface area contributed by atoms with Gasteiger partial charge in [0.15, 0.2) is 21.8 Å². The van der Waals surface area contributed by atoms with Crippen LogP contribution in [0.5, 0.6) is 11.5 Å². The minimum Gasteiger partial charge on any atom is -0.454 e. The van der Waals surface area contributed by atoms with Gasteiger partial charge >= 0.3 is 0 Å². The first kappa shape index (κ1) is 21.2. The van der Waals surface area contributed by atoms with Gasteiger partial charge in [0.05, 0.1) is 12.4 Å². The lowest BCUT2D eigenvalue weighted by Gasteiger charge is -2.13. The van der Waals surface area contributed by atoms with E-state index in [2.05, 4.69) is 15.2 Å². The van der Waals surface area contributed by atoms with Crippen LogP contribution >= 0.6 is 22.9 Å². The van der Waals surface area contributed by atoms with E-state index in [1.54, 1.807) is 12.3 Å². The van der Waals surface area contributed by atoms with Crippen molar-refractivity contribution in [2.45, 2.75) is 4.90 Å². The minimum atomic E-state index is -4.56. The molecule has 31 heavy (non-hydrogen) atoms. The van der Waals surface area contributed by atoms with Crippen LogP contribution < -0.4 is 9.46 Å². The number of hydrogen-bond acceptors (Lipinski definition) is 6. The topological polar surface area (TPSA) is 97.0 Å². The van der Waals surface area contributed by atoms with Crippen molar-refractivity contribution in [1.29, 1.82) is 0 Å². The number of rotatable bonds is 6. The number of thiazole rings is 1. The summed E-state index contributed by atoms with van der Waals surface area (Å²) in [5.41, 5.74) is 1.03. The molecule has 7 nitrogen and oxygen atoms in total. The van der Waals surface area contributed by atoms with E-state index in [0.717, 1.165) is 6.20 Å². The van der Waals surface area contributed by atoms with Crippen LogP contribution in [0.15, 0.2) is 53.8 Å². The molecule has 4 aromatic rings. The highest BCUT2D eigenvalue weighted by Gasteiger charge is 2.24. The summed E-state index contributed by atoms with van der Waals surface area (Å²) in [6.45, 7) is 0. The quantitative estimate of drug-likeness (QED) is 0.390. The van der Waals surface area contributed by atoms with Gasteiger partial charge in [-0.3, -0.25) is 9.82 Å². The van der Waals surface area contributed by atoms with E-state index in [1.807, 2.05) is 4.72 Å². The molecule has 0 fully saturated rings. The van der Waals surface area contributed by atoms with Gasteiger partial charge in [-0.25, -0.2) is 22.2 Å². The number of ether oxygens (including phenoxy) is 1. The molecule has 0 aliphatic heterocycles. The molecule has 0 saturated carbocycles. The molecule has 0 bridgehead atoms. The van der Waals surface area contributed by atoms with Crippen LogP contribution in [0.4, 0.5) is 18.3 Å². The van der Waals surface area contributed by atoms with Crippen LogP contribution in [0, 0.1) is 16.8 Å². The van der Waals surface area contributed by atoms with Crippen molar-refractivity contribution in [3.05, 3.63) is 70.7 Å². The number of hydrogen-bond donors (Lipinski definition) is 2. The normalized spacial score (nSPS) is 11.5. The highest BCUT2D eigenvalue weighted by molar-refractivity contribution is 7.93. The number of anilines is 1. The summed E-state index contributed by atoms with van der Waals surface area (Å²) in [5.74, 6) is -2.83. The summed E-state index contributed by atoms with van der Waals surface area (Å²) in [7, 11) is -4.56. The molecule has 2 N–H and O–H groups in total. The van der Waals surface area contributed by atoms with Crippen molar-refractivity contribution in [3.8, 4) is 22.6 Å². The minimum absolute atomic E-state index is 0.135.